The third kappa shape index (κ3) is 3.17. The molecule has 1 N–H and O–H groups in total. The molecule has 1 saturated carbocycles. The molecule has 2 heterocycles. The molecule has 3 aromatic rings. The van der Waals surface area contributed by atoms with Gasteiger partial charge in [-0.3, -0.25) is 4.79 Å². The Bertz CT molecular complexity index is 956. The first-order valence-corrected chi connectivity index (χ1v) is 8.76. The lowest BCUT2D eigenvalue weighted by Crippen LogP contribution is -2.27. The average Bonchev–Trinajstić information content (AvgIpc) is 3.12. The Labute approximate surface area is 155 Å². The van der Waals surface area contributed by atoms with Crippen LogP contribution in [0.4, 0.5) is 0 Å². The molecule has 0 unspecified atom stereocenters. The highest BCUT2D eigenvalue weighted by molar-refractivity contribution is 6.42. The Morgan fingerprint density at radius 3 is 2.64 bits per heavy atom. The van der Waals surface area contributed by atoms with Crippen molar-refractivity contribution in [1.29, 1.82) is 0 Å². The number of aromatic nitrogens is 3. The number of carbonyl (C=O) groups excluding carboxylic acids is 1. The SMILES string of the molecule is Cn1cccc1-c1cc(C(=O)NC2CC2)n(-c2ccc(Cl)c(Cl)c2)n1. The van der Waals surface area contributed by atoms with Gasteiger partial charge in [0.2, 0.25) is 0 Å². The first-order valence-electron chi connectivity index (χ1n) is 8.01. The fourth-order valence-electron chi connectivity index (χ4n) is 2.70. The Morgan fingerprint density at radius 1 is 1.20 bits per heavy atom. The van der Waals surface area contributed by atoms with Gasteiger partial charge < -0.3 is 9.88 Å². The van der Waals surface area contributed by atoms with Crippen LogP contribution in [0.25, 0.3) is 17.1 Å². The van der Waals surface area contributed by atoms with E-state index in [4.69, 9.17) is 23.2 Å². The highest BCUT2D eigenvalue weighted by Crippen LogP contribution is 2.28. The van der Waals surface area contributed by atoms with Crippen LogP contribution in [-0.2, 0) is 7.05 Å². The molecule has 0 atom stereocenters. The number of hydrogen-bond donors (Lipinski definition) is 1. The normalized spacial score (nSPS) is 13.9. The third-order valence-corrected chi connectivity index (χ3v) is 4.95. The maximum absolute atomic E-state index is 12.7. The zero-order chi connectivity index (χ0) is 17.6. The molecule has 0 saturated heterocycles. The fraction of sp³-hybridized carbons (Fsp3) is 0.222. The molecule has 2 aromatic heterocycles. The van der Waals surface area contributed by atoms with Crippen molar-refractivity contribution >= 4 is 29.1 Å². The topological polar surface area (TPSA) is 51.9 Å². The Morgan fingerprint density at radius 2 is 2.00 bits per heavy atom. The van der Waals surface area contributed by atoms with Crippen LogP contribution in [0.1, 0.15) is 23.3 Å². The van der Waals surface area contributed by atoms with Gasteiger partial charge in [0.1, 0.15) is 11.4 Å². The van der Waals surface area contributed by atoms with Gasteiger partial charge in [-0.2, -0.15) is 5.10 Å². The number of benzene rings is 1. The molecule has 1 aromatic carbocycles. The van der Waals surface area contributed by atoms with Crippen LogP contribution in [-0.4, -0.2) is 26.3 Å². The summed E-state index contributed by atoms with van der Waals surface area (Å²) in [5.41, 5.74) is 2.82. The Kier molecular flexibility index (Phi) is 4.06. The van der Waals surface area contributed by atoms with Crippen LogP contribution < -0.4 is 5.32 Å². The predicted molar refractivity (Wildman–Crippen MR) is 98.5 cm³/mol. The van der Waals surface area contributed by atoms with Crippen molar-refractivity contribution in [3.63, 3.8) is 0 Å². The summed E-state index contributed by atoms with van der Waals surface area (Å²) in [5, 5.41) is 8.53. The lowest BCUT2D eigenvalue weighted by molar-refractivity contribution is 0.0943. The van der Waals surface area contributed by atoms with Gasteiger partial charge in [0.05, 0.1) is 21.4 Å². The van der Waals surface area contributed by atoms with Crippen LogP contribution in [0.15, 0.2) is 42.6 Å². The number of hydrogen-bond acceptors (Lipinski definition) is 2. The molecular weight excluding hydrogens is 359 g/mol. The summed E-state index contributed by atoms with van der Waals surface area (Å²) >= 11 is 12.2. The van der Waals surface area contributed by atoms with Crippen LogP contribution in [0, 0.1) is 0 Å². The molecule has 25 heavy (non-hydrogen) atoms. The molecule has 4 rings (SSSR count). The zero-order valence-corrected chi connectivity index (χ0v) is 15.1. The number of rotatable bonds is 4. The van der Waals surface area contributed by atoms with E-state index in [9.17, 15) is 4.79 Å². The first kappa shape index (κ1) is 16.2. The maximum Gasteiger partial charge on any atom is 0.270 e. The molecule has 1 amide bonds. The van der Waals surface area contributed by atoms with E-state index in [1.165, 1.54) is 0 Å². The Balaban J connectivity index is 1.82. The van der Waals surface area contributed by atoms with Crippen LogP contribution >= 0.6 is 23.2 Å². The van der Waals surface area contributed by atoms with E-state index in [2.05, 4.69) is 10.4 Å². The number of amides is 1. The second-order valence-corrected chi connectivity index (χ2v) is 6.99. The quantitative estimate of drug-likeness (QED) is 0.747. The second kappa shape index (κ2) is 6.24. The zero-order valence-electron chi connectivity index (χ0n) is 13.5. The van der Waals surface area contributed by atoms with E-state index < -0.39 is 0 Å². The van der Waals surface area contributed by atoms with Crippen molar-refractivity contribution in [2.75, 3.05) is 0 Å². The number of carbonyl (C=O) groups is 1. The van der Waals surface area contributed by atoms with Crippen molar-refractivity contribution < 1.29 is 4.79 Å². The van der Waals surface area contributed by atoms with Crippen molar-refractivity contribution in [3.05, 3.63) is 58.3 Å². The van der Waals surface area contributed by atoms with Crippen molar-refractivity contribution in [2.45, 2.75) is 18.9 Å². The average molecular weight is 375 g/mol. The van der Waals surface area contributed by atoms with Gasteiger partial charge in [-0.1, -0.05) is 23.2 Å². The molecule has 0 radical (unpaired) electrons. The molecule has 1 aliphatic carbocycles. The Hall–Kier alpha value is -2.24. The smallest absolute Gasteiger partial charge is 0.270 e. The minimum atomic E-state index is -0.137. The second-order valence-electron chi connectivity index (χ2n) is 6.18. The van der Waals surface area contributed by atoms with Crippen LogP contribution in [0.5, 0.6) is 0 Å². The van der Waals surface area contributed by atoms with Crippen LogP contribution in [0.2, 0.25) is 10.0 Å². The van der Waals surface area contributed by atoms with Gasteiger partial charge in [0.25, 0.3) is 5.91 Å². The van der Waals surface area contributed by atoms with E-state index in [0.29, 0.717) is 21.4 Å². The van der Waals surface area contributed by atoms with Crippen molar-refractivity contribution in [2.24, 2.45) is 7.05 Å². The summed E-state index contributed by atoms with van der Waals surface area (Å²) in [5.74, 6) is -0.137. The molecular formula is C18H16Cl2N4O. The van der Waals surface area contributed by atoms with Gasteiger partial charge in [-0.05, 0) is 49.2 Å². The number of nitrogens with zero attached hydrogens (tertiary/aromatic N) is 3. The van der Waals surface area contributed by atoms with Gasteiger partial charge in [-0.25, -0.2) is 4.68 Å². The molecule has 128 valence electrons. The minimum Gasteiger partial charge on any atom is -0.349 e. The fourth-order valence-corrected chi connectivity index (χ4v) is 2.99. The molecule has 0 spiro atoms. The van der Waals surface area contributed by atoms with E-state index in [1.807, 2.05) is 29.9 Å². The highest BCUT2D eigenvalue weighted by Gasteiger charge is 2.26. The van der Waals surface area contributed by atoms with Crippen molar-refractivity contribution in [1.82, 2.24) is 19.7 Å². The summed E-state index contributed by atoms with van der Waals surface area (Å²) in [6, 6.07) is 11.2. The van der Waals surface area contributed by atoms with Crippen LogP contribution in [0.3, 0.4) is 0 Å². The number of nitrogens with one attached hydrogen (secondary N) is 1. The number of halogens is 2. The molecule has 7 heteroatoms. The van der Waals surface area contributed by atoms with Gasteiger partial charge in [-0.15, -0.1) is 0 Å². The predicted octanol–water partition coefficient (Wildman–Crippen LogP) is 4.08. The standard InChI is InChI=1S/C18H16Cl2N4O/c1-23-8-2-3-16(23)15-10-17(18(25)21-11-4-5-11)24(22-15)12-6-7-13(19)14(20)9-12/h2-3,6-11H,4-5H2,1H3,(H,21,25). The van der Waals surface area contributed by atoms with E-state index in [0.717, 1.165) is 24.2 Å². The summed E-state index contributed by atoms with van der Waals surface area (Å²) in [4.78, 5) is 12.7. The van der Waals surface area contributed by atoms with Gasteiger partial charge in [0.15, 0.2) is 0 Å². The maximum atomic E-state index is 12.7. The van der Waals surface area contributed by atoms with E-state index >= 15 is 0 Å². The minimum absolute atomic E-state index is 0.137. The molecule has 0 bridgehead atoms. The van der Waals surface area contributed by atoms with Gasteiger partial charge in [0, 0.05) is 19.3 Å². The monoisotopic (exact) mass is 374 g/mol. The first-order chi connectivity index (χ1) is 12.0. The summed E-state index contributed by atoms with van der Waals surface area (Å²) in [6.45, 7) is 0. The summed E-state index contributed by atoms with van der Waals surface area (Å²) in [6.07, 6.45) is 3.99. The molecule has 5 nitrogen and oxygen atoms in total. The third-order valence-electron chi connectivity index (χ3n) is 4.21. The highest BCUT2D eigenvalue weighted by atomic mass is 35.5. The van der Waals surface area contributed by atoms with E-state index in [1.54, 1.807) is 28.9 Å². The summed E-state index contributed by atoms with van der Waals surface area (Å²) < 4.78 is 3.58. The number of aryl methyl sites for hydroxylation is 1. The largest absolute Gasteiger partial charge is 0.349 e. The van der Waals surface area contributed by atoms with Gasteiger partial charge >= 0.3 is 0 Å². The van der Waals surface area contributed by atoms with Crippen molar-refractivity contribution in [3.8, 4) is 17.1 Å². The van der Waals surface area contributed by atoms with E-state index in [-0.39, 0.29) is 11.9 Å². The molecule has 0 aliphatic heterocycles. The molecule has 1 fully saturated rings. The summed E-state index contributed by atoms with van der Waals surface area (Å²) in [7, 11) is 1.94. The lowest BCUT2D eigenvalue weighted by atomic mass is 10.2. The lowest BCUT2D eigenvalue weighted by Gasteiger charge is -2.08. The molecule has 1 aliphatic rings.